The average molecular weight is 222 g/mol. The summed E-state index contributed by atoms with van der Waals surface area (Å²) in [6, 6.07) is 0. The van der Waals surface area contributed by atoms with Crippen LogP contribution in [0.1, 0.15) is 64.7 Å². The van der Waals surface area contributed by atoms with E-state index in [0.717, 1.165) is 6.42 Å². The number of unbranched alkanes of at least 4 members (excludes halogenated alkanes) is 7. The highest BCUT2D eigenvalue weighted by Crippen LogP contribution is 2.10. The van der Waals surface area contributed by atoms with E-state index in [1.54, 1.807) is 0 Å². The van der Waals surface area contributed by atoms with Crippen LogP contribution in [-0.2, 0) is 0 Å². The molecule has 1 nitrogen and oxygen atoms in total. The van der Waals surface area contributed by atoms with Gasteiger partial charge in [-0.05, 0) is 6.42 Å². The number of hydrogen-bond donors (Lipinski definition) is 1. The summed E-state index contributed by atoms with van der Waals surface area (Å²) in [5, 5.41) is 0. The Hall–Kier alpha value is 0.250. The van der Waals surface area contributed by atoms with Crippen LogP contribution in [0.5, 0.6) is 0 Å². The molecule has 0 radical (unpaired) electrons. The molecular weight excluding hydrogens is 194 g/mol. The molecule has 0 aromatic rings. The van der Waals surface area contributed by atoms with Crippen molar-refractivity contribution in [2.75, 3.05) is 0 Å². The summed E-state index contributed by atoms with van der Waals surface area (Å²) in [7, 11) is 0. The lowest BCUT2D eigenvalue weighted by atomic mass is 10.1. The monoisotopic (exact) mass is 221 g/mol. The molecular formula is C12H28ClN. The number of alkyl halides is 1. The lowest BCUT2D eigenvalue weighted by molar-refractivity contribution is -0.390. The standard InChI is InChI=1S/C11H24ClN.CH3/c1-2-3-4-5-6-7-8-9-10-11(12)13;/h11H,2-10,13H2,1H3;1H3/q;-1/p+1. The van der Waals surface area contributed by atoms with Gasteiger partial charge in [0.1, 0.15) is 0 Å². The Morgan fingerprint density at radius 3 is 1.79 bits per heavy atom. The second kappa shape index (κ2) is 13.2. The third-order valence-corrected chi connectivity index (χ3v) is 2.59. The average Bonchev–Trinajstić information content (AvgIpc) is 2.09. The highest BCUT2D eigenvalue weighted by atomic mass is 35.5. The summed E-state index contributed by atoms with van der Waals surface area (Å²) in [6.45, 7) is 2.26. The number of hydrogen-bond acceptors (Lipinski definition) is 0. The Kier molecular flexibility index (Phi) is 15.8. The van der Waals surface area contributed by atoms with E-state index in [0.29, 0.717) is 0 Å². The molecule has 88 valence electrons. The summed E-state index contributed by atoms with van der Waals surface area (Å²) >= 11 is 5.75. The molecule has 0 aromatic carbocycles. The molecule has 0 aromatic heterocycles. The van der Waals surface area contributed by atoms with Crippen LogP contribution in [0.25, 0.3) is 0 Å². The highest BCUT2D eigenvalue weighted by Gasteiger charge is 1.98. The second-order valence-corrected chi connectivity index (χ2v) is 4.48. The summed E-state index contributed by atoms with van der Waals surface area (Å²) in [6.07, 6.45) is 12.1. The summed E-state index contributed by atoms with van der Waals surface area (Å²) in [4.78, 5) is 0. The van der Waals surface area contributed by atoms with Gasteiger partial charge in [-0.15, -0.1) is 0 Å². The van der Waals surface area contributed by atoms with E-state index < -0.39 is 0 Å². The summed E-state index contributed by atoms with van der Waals surface area (Å²) in [5.74, 6) is 0. The van der Waals surface area contributed by atoms with Crippen LogP contribution in [0.2, 0.25) is 0 Å². The minimum absolute atomic E-state index is 0. The molecule has 0 aliphatic carbocycles. The van der Waals surface area contributed by atoms with E-state index in [4.69, 9.17) is 11.6 Å². The molecule has 0 spiro atoms. The van der Waals surface area contributed by atoms with E-state index in [1.165, 1.54) is 51.4 Å². The molecule has 0 saturated heterocycles. The van der Waals surface area contributed by atoms with Crippen molar-refractivity contribution in [1.82, 2.24) is 0 Å². The van der Waals surface area contributed by atoms with Gasteiger partial charge in [0.05, 0.1) is 0 Å². The van der Waals surface area contributed by atoms with Crippen LogP contribution in [0.3, 0.4) is 0 Å². The van der Waals surface area contributed by atoms with Crippen molar-refractivity contribution < 1.29 is 5.73 Å². The van der Waals surface area contributed by atoms with Gasteiger partial charge in [0, 0.05) is 6.42 Å². The molecule has 0 heterocycles. The molecule has 14 heavy (non-hydrogen) atoms. The fourth-order valence-corrected chi connectivity index (χ4v) is 1.65. The minimum atomic E-state index is 0. The smallest absolute Gasteiger partial charge is 0.160 e. The maximum absolute atomic E-state index is 5.75. The first-order valence-electron chi connectivity index (χ1n) is 5.74. The zero-order valence-corrected chi connectivity index (χ0v) is 10.8. The first-order valence-corrected chi connectivity index (χ1v) is 6.18. The predicted molar refractivity (Wildman–Crippen MR) is 66.2 cm³/mol. The first-order chi connectivity index (χ1) is 6.27. The molecule has 0 rings (SSSR count). The Balaban J connectivity index is 0. The van der Waals surface area contributed by atoms with Crippen molar-refractivity contribution in [3.8, 4) is 0 Å². The van der Waals surface area contributed by atoms with Crippen molar-refractivity contribution >= 4 is 11.6 Å². The molecule has 0 aliphatic heterocycles. The van der Waals surface area contributed by atoms with Crippen molar-refractivity contribution in [3.05, 3.63) is 7.43 Å². The van der Waals surface area contributed by atoms with Gasteiger partial charge >= 0.3 is 0 Å². The van der Waals surface area contributed by atoms with Gasteiger partial charge < -0.3 is 13.2 Å². The molecule has 1 atom stereocenters. The van der Waals surface area contributed by atoms with E-state index in [9.17, 15) is 0 Å². The molecule has 2 heteroatoms. The highest BCUT2D eigenvalue weighted by molar-refractivity contribution is 6.19. The number of quaternary nitrogens is 1. The van der Waals surface area contributed by atoms with E-state index in [2.05, 4.69) is 12.7 Å². The van der Waals surface area contributed by atoms with Gasteiger partial charge in [-0.1, -0.05) is 63.5 Å². The van der Waals surface area contributed by atoms with Gasteiger partial charge in [0.15, 0.2) is 5.50 Å². The molecule has 1 unspecified atom stereocenters. The number of halogens is 1. The van der Waals surface area contributed by atoms with Crippen molar-refractivity contribution in [1.29, 1.82) is 0 Å². The van der Waals surface area contributed by atoms with Crippen molar-refractivity contribution in [2.45, 2.75) is 70.2 Å². The summed E-state index contributed by atoms with van der Waals surface area (Å²) < 4.78 is 0. The maximum Gasteiger partial charge on any atom is 0.160 e. The van der Waals surface area contributed by atoms with Crippen LogP contribution in [0.15, 0.2) is 0 Å². The SMILES string of the molecule is CCCCCCCCCCC([NH3+])Cl.[CH3-]. The Labute approximate surface area is 95.4 Å². The molecule has 0 saturated carbocycles. The van der Waals surface area contributed by atoms with E-state index in [-0.39, 0.29) is 12.9 Å². The normalized spacial score (nSPS) is 12.2. The van der Waals surface area contributed by atoms with Crippen molar-refractivity contribution in [3.63, 3.8) is 0 Å². The zero-order chi connectivity index (χ0) is 9.94. The largest absolute Gasteiger partial charge is 0.358 e. The molecule has 0 fully saturated rings. The third kappa shape index (κ3) is 14.8. The maximum atomic E-state index is 5.75. The van der Waals surface area contributed by atoms with Gasteiger partial charge in [-0.2, -0.15) is 0 Å². The lowest BCUT2D eigenvalue weighted by Gasteiger charge is -2.01. The Bertz CT molecular complexity index is 94.3. The number of rotatable bonds is 9. The van der Waals surface area contributed by atoms with Crippen LogP contribution < -0.4 is 5.73 Å². The fourth-order valence-electron chi connectivity index (χ4n) is 1.50. The van der Waals surface area contributed by atoms with Crippen LogP contribution in [0.4, 0.5) is 0 Å². The topological polar surface area (TPSA) is 27.6 Å². The van der Waals surface area contributed by atoms with Crippen LogP contribution in [-0.4, -0.2) is 5.50 Å². The van der Waals surface area contributed by atoms with Gasteiger partial charge in [0.25, 0.3) is 0 Å². The van der Waals surface area contributed by atoms with Gasteiger partial charge in [-0.25, -0.2) is 0 Å². The fraction of sp³-hybridized carbons (Fsp3) is 0.917. The first kappa shape index (κ1) is 16.7. The third-order valence-electron chi connectivity index (χ3n) is 2.37. The van der Waals surface area contributed by atoms with Crippen LogP contribution in [0, 0.1) is 7.43 Å². The zero-order valence-electron chi connectivity index (χ0n) is 10.0. The lowest BCUT2D eigenvalue weighted by Crippen LogP contribution is -2.57. The Morgan fingerprint density at radius 2 is 1.36 bits per heavy atom. The van der Waals surface area contributed by atoms with Crippen LogP contribution >= 0.6 is 11.6 Å². The predicted octanol–water partition coefficient (Wildman–Crippen LogP) is 3.77. The van der Waals surface area contributed by atoms with Gasteiger partial charge in [-0.3, -0.25) is 0 Å². The van der Waals surface area contributed by atoms with Gasteiger partial charge in [0.2, 0.25) is 0 Å². The van der Waals surface area contributed by atoms with E-state index in [1.807, 2.05) is 0 Å². The quantitative estimate of drug-likeness (QED) is 0.266. The molecule has 0 bridgehead atoms. The summed E-state index contributed by atoms with van der Waals surface area (Å²) in [5.41, 5.74) is 3.89. The second-order valence-electron chi connectivity index (χ2n) is 3.86. The molecule has 0 aliphatic rings. The molecule has 3 N–H and O–H groups in total. The molecule has 0 amide bonds. The van der Waals surface area contributed by atoms with Crippen molar-refractivity contribution in [2.24, 2.45) is 0 Å². The Morgan fingerprint density at radius 1 is 0.929 bits per heavy atom. The van der Waals surface area contributed by atoms with E-state index >= 15 is 0 Å². The minimum Gasteiger partial charge on any atom is -0.358 e.